The molecule has 0 heterocycles. The Hall–Kier alpha value is -2.52. The Morgan fingerprint density at radius 1 is 0.957 bits per heavy atom. The van der Waals surface area contributed by atoms with Crippen molar-refractivity contribution < 1.29 is 0 Å². The molecule has 3 heteroatoms. The van der Waals surface area contributed by atoms with Gasteiger partial charge in [0, 0.05) is 22.9 Å². The van der Waals surface area contributed by atoms with Crippen LogP contribution in [0.25, 0.3) is 5.57 Å². The SMILES string of the molecule is CC1C=CC(c2ccccc2)=C(N)C1C(N)Nc1ccccc1. The molecule has 1 aliphatic rings. The molecule has 3 nitrogen and oxygen atoms in total. The summed E-state index contributed by atoms with van der Waals surface area (Å²) in [6, 6.07) is 20.2. The van der Waals surface area contributed by atoms with Crippen molar-refractivity contribution >= 4 is 11.3 Å². The Morgan fingerprint density at radius 2 is 1.57 bits per heavy atom. The van der Waals surface area contributed by atoms with Gasteiger partial charge in [0.1, 0.15) is 0 Å². The van der Waals surface area contributed by atoms with Gasteiger partial charge in [-0.05, 0) is 23.6 Å². The van der Waals surface area contributed by atoms with Gasteiger partial charge in [-0.25, -0.2) is 0 Å². The van der Waals surface area contributed by atoms with E-state index in [1.807, 2.05) is 48.5 Å². The van der Waals surface area contributed by atoms with E-state index in [0.29, 0.717) is 0 Å². The number of rotatable bonds is 4. The minimum atomic E-state index is -0.240. The molecule has 23 heavy (non-hydrogen) atoms. The van der Waals surface area contributed by atoms with Crippen LogP contribution in [-0.2, 0) is 0 Å². The molecule has 0 saturated carbocycles. The maximum atomic E-state index is 6.51. The summed E-state index contributed by atoms with van der Waals surface area (Å²) in [4.78, 5) is 0. The first-order valence-electron chi connectivity index (χ1n) is 7.97. The van der Waals surface area contributed by atoms with Gasteiger partial charge in [0.2, 0.25) is 0 Å². The average molecular weight is 305 g/mol. The normalized spacial score (nSPS) is 22.0. The Morgan fingerprint density at radius 3 is 2.22 bits per heavy atom. The van der Waals surface area contributed by atoms with Gasteiger partial charge >= 0.3 is 0 Å². The van der Waals surface area contributed by atoms with E-state index < -0.39 is 0 Å². The predicted molar refractivity (Wildman–Crippen MR) is 97.4 cm³/mol. The molecule has 2 aromatic carbocycles. The lowest BCUT2D eigenvalue weighted by Gasteiger charge is -2.33. The van der Waals surface area contributed by atoms with Gasteiger partial charge < -0.3 is 16.8 Å². The molecule has 0 bridgehead atoms. The zero-order valence-electron chi connectivity index (χ0n) is 13.3. The maximum Gasteiger partial charge on any atom is 0.0833 e. The second-order valence-corrected chi connectivity index (χ2v) is 6.02. The van der Waals surface area contributed by atoms with E-state index >= 15 is 0 Å². The van der Waals surface area contributed by atoms with Crippen LogP contribution in [0.3, 0.4) is 0 Å². The van der Waals surface area contributed by atoms with E-state index in [1.54, 1.807) is 0 Å². The summed E-state index contributed by atoms with van der Waals surface area (Å²) < 4.78 is 0. The van der Waals surface area contributed by atoms with Gasteiger partial charge in [0.25, 0.3) is 0 Å². The molecule has 0 aromatic heterocycles. The average Bonchev–Trinajstić information content (AvgIpc) is 2.57. The molecule has 3 atom stereocenters. The lowest BCUT2D eigenvalue weighted by molar-refractivity contribution is 0.417. The van der Waals surface area contributed by atoms with Crippen LogP contribution in [0.5, 0.6) is 0 Å². The highest BCUT2D eigenvalue weighted by Crippen LogP contribution is 2.33. The van der Waals surface area contributed by atoms with Crippen molar-refractivity contribution in [2.24, 2.45) is 23.3 Å². The molecule has 0 radical (unpaired) electrons. The standard InChI is InChI=1S/C20H23N3/c1-14-12-13-17(15-8-4-2-5-9-15)19(21)18(14)20(22)23-16-10-6-3-7-11-16/h2-14,18,20,23H,21-22H2,1H3. The smallest absolute Gasteiger partial charge is 0.0833 e. The van der Waals surface area contributed by atoms with Gasteiger partial charge in [0.05, 0.1) is 6.17 Å². The number of allylic oxidation sites excluding steroid dienone is 3. The summed E-state index contributed by atoms with van der Waals surface area (Å²) in [5.41, 5.74) is 17.0. The lowest BCUT2D eigenvalue weighted by atomic mass is 9.80. The summed E-state index contributed by atoms with van der Waals surface area (Å²) >= 11 is 0. The van der Waals surface area contributed by atoms with Crippen LogP contribution >= 0.6 is 0 Å². The molecule has 0 saturated heterocycles. The van der Waals surface area contributed by atoms with Gasteiger partial charge in [-0.1, -0.05) is 67.6 Å². The van der Waals surface area contributed by atoms with Crippen molar-refractivity contribution in [1.82, 2.24) is 0 Å². The number of benzene rings is 2. The summed E-state index contributed by atoms with van der Waals surface area (Å²) in [7, 11) is 0. The third-order valence-electron chi connectivity index (χ3n) is 4.38. The lowest BCUT2D eigenvalue weighted by Crippen LogP contribution is -2.44. The van der Waals surface area contributed by atoms with Crippen molar-refractivity contribution in [1.29, 1.82) is 0 Å². The van der Waals surface area contributed by atoms with Crippen LogP contribution in [0.15, 0.2) is 78.5 Å². The molecule has 5 N–H and O–H groups in total. The van der Waals surface area contributed by atoms with Gasteiger partial charge in [-0.2, -0.15) is 0 Å². The van der Waals surface area contributed by atoms with Crippen LogP contribution in [0, 0.1) is 11.8 Å². The molecule has 0 fully saturated rings. The minimum Gasteiger partial charge on any atom is -0.401 e. The third kappa shape index (κ3) is 3.30. The molecular formula is C20H23N3. The van der Waals surface area contributed by atoms with E-state index in [0.717, 1.165) is 22.5 Å². The largest absolute Gasteiger partial charge is 0.401 e. The van der Waals surface area contributed by atoms with E-state index in [9.17, 15) is 0 Å². The minimum absolute atomic E-state index is 0.0513. The van der Waals surface area contributed by atoms with E-state index in [4.69, 9.17) is 11.5 Å². The van der Waals surface area contributed by atoms with E-state index in [2.05, 4.69) is 36.5 Å². The monoisotopic (exact) mass is 305 g/mol. The number of hydrogen-bond acceptors (Lipinski definition) is 3. The van der Waals surface area contributed by atoms with Crippen LogP contribution in [-0.4, -0.2) is 6.17 Å². The highest BCUT2D eigenvalue weighted by molar-refractivity contribution is 5.77. The Bertz CT molecular complexity index is 704. The Balaban J connectivity index is 1.88. The van der Waals surface area contributed by atoms with Crippen LogP contribution < -0.4 is 16.8 Å². The number of nitrogens with two attached hydrogens (primary N) is 2. The Labute approximate surface area is 137 Å². The zero-order valence-corrected chi connectivity index (χ0v) is 13.3. The first kappa shape index (κ1) is 15.4. The molecular weight excluding hydrogens is 282 g/mol. The second kappa shape index (κ2) is 6.71. The summed E-state index contributed by atoms with van der Waals surface area (Å²) in [5, 5.41) is 3.37. The first-order chi connectivity index (χ1) is 11.2. The van der Waals surface area contributed by atoms with Crippen molar-refractivity contribution in [3.05, 3.63) is 84.1 Å². The van der Waals surface area contributed by atoms with Crippen LogP contribution in [0.4, 0.5) is 5.69 Å². The summed E-state index contributed by atoms with van der Waals surface area (Å²) in [5.74, 6) is 0.337. The number of nitrogens with one attached hydrogen (secondary N) is 1. The molecule has 0 spiro atoms. The second-order valence-electron chi connectivity index (χ2n) is 6.02. The molecule has 0 amide bonds. The van der Waals surface area contributed by atoms with Crippen molar-refractivity contribution in [2.45, 2.75) is 13.1 Å². The number of para-hydroxylation sites is 1. The quantitative estimate of drug-likeness (QED) is 0.757. The van der Waals surface area contributed by atoms with Crippen LogP contribution in [0.2, 0.25) is 0 Å². The first-order valence-corrected chi connectivity index (χ1v) is 7.97. The Kier molecular flexibility index (Phi) is 4.49. The zero-order chi connectivity index (χ0) is 16.2. The van der Waals surface area contributed by atoms with Gasteiger partial charge in [0.15, 0.2) is 0 Å². The fourth-order valence-corrected chi connectivity index (χ4v) is 3.14. The summed E-state index contributed by atoms with van der Waals surface area (Å²) in [6.07, 6.45) is 4.06. The topological polar surface area (TPSA) is 64.1 Å². The molecule has 118 valence electrons. The summed E-state index contributed by atoms with van der Waals surface area (Å²) in [6.45, 7) is 2.16. The molecule has 3 unspecified atom stereocenters. The molecule has 1 aliphatic carbocycles. The van der Waals surface area contributed by atoms with E-state index in [1.165, 1.54) is 0 Å². The fourth-order valence-electron chi connectivity index (χ4n) is 3.14. The van der Waals surface area contributed by atoms with Gasteiger partial charge in [-0.15, -0.1) is 0 Å². The maximum absolute atomic E-state index is 6.51. The fraction of sp³-hybridized carbons (Fsp3) is 0.200. The highest BCUT2D eigenvalue weighted by atomic mass is 15.0. The van der Waals surface area contributed by atoms with Crippen molar-refractivity contribution in [3.63, 3.8) is 0 Å². The van der Waals surface area contributed by atoms with E-state index in [-0.39, 0.29) is 18.0 Å². The molecule has 2 aromatic rings. The molecule has 3 rings (SSSR count). The predicted octanol–water partition coefficient (Wildman–Crippen LogP) is 3.58. The highest BCUT2D eigenvalue weighted by Gasteiger charge is 2.29. The van der Waals surface area contributed by atoms with Gasteiger partial charge in [-0.3, -0.25) is 0 Å². The molecule has 0 aliphatic heterocycles. The van der Waals surface area contributed by atoms with Crippen molar-refractivity contribution in [3.8, 4) is 0 Å². The van der Waals surface area contributed by atoms with Crippen molar-refractivity contribution in [2.75, 3.05) is 5.32 Å². The number of hydrogen-bond donors (Lipinski definition) is 3. The van der Waals surface area contributed by atoms with Crippen LogP contribution in [0.1, 0.15) is 12.5 Å². The number of anilines is 1. The third-order valence-corrected chi connectivity index (χ3v) is 4.38.